The molecule has 2 atom stereocenters. The molecule has 0 amide bonds. The van der Waals surface area contributed by atoms with E-state index in [-0.39, 0.29) is 6.61 Å². The first kappa shape index (κ1) is 10.6. The van der Waals surface area contributed by atoms with E-state index in [0.717, 1.165) is 11.3 Å². The second kappa shape index (κ2) is 4.64. The van der Waals surface area contributed by atoms with E-state index in [4.69, 9.17) is 15.3 Å². The topological polar surface area (TPSA) is 93.8 Å². The van der Waals surface area contributed by atoms with Crippen LogP contribution in [-0.4, -0.2) is 38.1 Å². The zero-order chi connectivity index (χ0) is 9.84. The highest BCUT2D eigenvalue weighted by atomic mass is 32.1. The Morgan fingerprint density at radius 1 is 1.38 bits per heavy atom. The van der Waals surface area contributed by atoms with Crippen molar-refractivity contribution >= 4 is 11.3 Å². The molecule has 0 spiro atoms. The van der Waals surface area contributed by atoms with Gasteiger partial charge in [-0.3, -0.25) is 0 Å². The van der Waals surface area contributed by atoms with Crippen molar-refractivity contribution in [2.45, 2.75) is 18.8 Å². The lowest BCUT2D eigenvalue weighted by Crippen LogP contribution is -2.21. The first-order valence-electron chi connectivity index (χ1n) is 3.71. The smallest absolute Gasteiger partial charge is 0.134 e. The van der Waals surface area contributed by atoms with Gasteiger partial charge in [0.25, 0.3) is 0 Å². The van der Waals surface area contributed by atoms with Gasteiger partial charge in [0.15, 0.2) is 0 Å². The molecule has 0 aliphatic rings. The molecule has 1 rings (SSSR count). The van der Waals surface area contributed by atoms with Gasteiger partial charge in [0.2, 0.25) is 0 Å². The summed E-state index contributed by atoms with van der Waals surface area (Å²) in [6.45, 7) is -0.715. The fourth-order valence-corrected chi connectivity index (χ4v) is 1.65. The zero-order valence-electron chi connectivity index (χ0n) is 6.79. The summed E-state index contributed by atoms with van der Waals surface area (Å²) in [6.07, 6.45) is -2.41. The summed E-state index contributed by atoms with van der Waals surface area (Å²) in [6, 6.07) is 0. The average Bonchev–Trinajstić information content (AvgIpc) is 2.63. The predicted molar refractivity (Wildman–Crippen MR) is 46.1 cm³/mol. The van der Waals surface area contributed by atoms with Crippen molar-refractivity contribution in [3.8, 4) is 0 Å². The number of thiazole rings is 1. The van der Waals surface area contributed by atoms with Gasteiger partial charge in [0.1, 0.15) is 17.2 Å². The molecule has 1 heterocycles. The quantitative estimate of drug-likeness (QED) is 0.507. The molecule has 0 fully saturated rings. The zero-order valence-corrected chi connectivity index (χ0v) is 7.61. The first-order valence-corrected chi connectivity index (χ1v) is 4.59. The lowest BCUT2D eigenvalue weighted by atomic mass is 10.2. The maximum absolute atomic E-state index is 9.35. The SMILES string of the molecule is OCc1csc(C(O)C(O)CO)n1. The second-order valence-electron chi connectivity index (χ2n) is 2.53. The van der Waals surface area contributed by atoms with Crippen LogP contribution in [-0.2, 0) is 6.61 Å². The standard InChI is InChI=1S/C7H11NO4S/c9-1-4-3-13-7(8-4)6(12)5(11)2-10/h3,5-6,9-12H,1-2H2. The molecule has 13 heavy (non-hydrogen) atoms. The largest absolute Gasteiger partial charge is 0.394 e. The molecule has 1 aromatic heterocycles. The van der Waals surface area contributed by atoms with Crippen molar-refractivity contribution in [1.82, 2.24) is 4.98 Å². The minimum Gasteiger partial charge on any atom is -0.394 e. The molecule has 0 aliphatic heterocycles. The maximum Gasteiger partial charge on any atom is 0.134 e. The van der Waals surface area contributed by atoms with E-state index in [9.17, 15) is 5.11 Å². The number of nitrogens with zero attached hydrogens (tertiary/aromatic N) is 1. The fraction of sp³-hybridized carbons (Fsp3) is 0.571. The van der Waals surface area contributed by atoms with E-state index >= 15 is 0 Å². The molecule has 0 bridgehead atoms. The fourth-order valence-electron chi connectivity index (χ4n) is 0.796. The Morgan fingerprint density at radius 2 is 2.08 bits per heavy atom. The van der Waals surface area contributed by atoms with E-state index in [1.54, 1.807) is 5.38 Å². The Morgan fingerprint density at radius 3 is 2.54 bits per heavy atom. The molecule has 0 saturated carbocycles. The van der Waals surface area contributed by atoms with Gasteiger partial charge in [0, 0.05) is 5.38 Å². The highest BCUT2D eigenvalue weighted by Gasteiger charge is 2.20. The van der Waals surface area contributed by atoms with Crippen molar-refractivity contribution < 1.29 is 20.4 Å². The van der Waals surface area contributed by atoms with E-state index in [1.165, 1.54) is 0 Å². The van der Waals surface area contributed by atoms with Gasteiger partial charge in [-0.15, -0.1) is 11.3 Å². The maximum atomic E-state index is 9.35. The molecular weight excluding hydrogens is 194 g/mol. The van der Waals surface area contributed by atoms with E-state index < -0.39 is 18.8 Å². The molecular formula is C7H11NO4S. The molecule has 0 aromatic carbocycles. The number of aliphatic hydroxyl groups is 4. The summed E-state index contributed by atoms with van der Waals surface area (Å²) in [5.41, 5.74) is 0.448. The Kier molecular flexibility index (Phi) is 3.76. The van der Waals surface area contributed by atoms with Gasteiger partial charge in [-0.25, -0.2) is 4.98 Å². The number of hydrogen-bond donors (Lipinski definition) is 4. The summed E-state index contributed by atoms with van der Waals surface area (Å²) < 4.78 is 0. The van der Waals surface area contributed by atoms with E-state index in [0.29, 0.717) is 10.7 Å². The third-order valence-electron chi connectivity index (χ3n) is 1.54. The van der Waals surface area contributed by atoms with Crippen LogP contribution in [0.1, 0.15) is 16.8 Å². The van der Waals surface area contributed by atoms with Crippen molar-refractivity contribution in [1.29, 1.82) is 0 Å². The molecule has 0 aliphatic carbocycles. The minimum atomic E-state index is -1.22. The van der Waals surface area contributed by atoms with Crippen molar-refractivity contribution in [3.05, 3.63) is 16.1 Å². The third kappa shape index (κ3) is 2.45. The van der Waals surface area contributed by atoms with Crippen LogP contribution in [0.2, 0.25) is 0 Å². The highest BCUT2D eigenvalue weighted by molar-refractivity contribution is 7.09. The van der Waals surface area contributed by atoms with Crippen LogP contribution in [0.25, 0.3) is 0 Å². The molecule has 0 saturated heterocycles. The van der Waals surface area contributed by atoms with Crippen molar-refractivity contribution in [2.75, 3.05) is 6.61 Å². The van der Waals surface area contributed by atoms with Crippen LogP contribution in [0.5, 0.6) is 0 Å². The van der Waals surface area contributed by atoms with Gasteiger partial charge in [0.05, 0.1) is 18.9 Å². The number of hydrogen-bond acceptors (Lipinski definition) is 6. The van der Waals surface area contributed by atoms with Crippen molar-refractivity contribution in [3.63, 3.8) is 0 Å². The minimum absolute atomic E-state index is 0.196. The third-order valence-corrected chi connectivity index (χ3v) is 2.50. The van der Waals surface area contributed by atoms with E-state index in [1.807, 2.05) is 0 Å². The summed E-state index contributed by atoms with van der Waals surface area (Å²) in [5.74, 6) is 0. The first-order chi connectivity index (χ1) is 6.19. The van der Waals surface area contributed by atoms with Crippen molar-refractivity contribution in [2.24, 2.45) is 0 Å². The monoisotopic (exact) mass is 205 g/mol. The lowest BCUT2D eigenvalue weighted by molar-refractivity contribution is -0.0154. The van der Waals surface area contributed by atoms with E-state index in [2.05, 4.69) is 4.98 Å². The Labute approximate surface area is 78.9 Å². The molecule has 6 heteroatoms. The summed E-state index contributed by atoms with van der Waals surface area (Å²) in [4.78, 5) is 3.85. The van der Waals surface area contributed by atoms with Crippen LogP contribution in [0.3, 0.4) is 0 Å². The summed E-state index contributed by atoms with van der Waals surface area (Å²) in [7, 11) is 0. The number of rotatable bonds is 4. The summed E-state index contributed by atoms with van der Waals surface area (Å²) in [5, 5.41) is 37.5. The van der Waals surface area contributed by atoms with Crippen LogP contribution in [0.15, 0.2) is 5.38 Å². The average molecular weight is 205 g/mol. The highest BCUT2D eigenvalue weighted by Crippen LogP contribution is 2.20. The Hall–Kier alpha value is -0.530. The number of aliphatic hydroxyl groups excluding tert-OH is 4. The van der Waals surface area contributed by atoms with Crippen LogP contribution < -0.4 is 0 Å². The molecule has 4 N–H and O–H groups in total. The predicted octanol–water partition coefficient (Wildman–Crippen LogP) is -0.978. The molecule has 0 radical (unpaired) electrons. The van der Waals surface area contributed by atoms with Gasteiger partial charge in [-0.2, -0.15) is 0 Å². The van der Waals surface area contributed by atoms with Gasteiger partial charge < -0.3 is 20.4 Å². The Balaban J connectivity index is 2.70. The van der Waals surface area contributed by atoms with Gasteiger partial charge >= 0.3 is 0 Å². The van der Waals surface area contributed by atoms with Crippen LogP contribution in [0.4, 0.5) is 0 Å². The van der Waals surface area contributed by atoms with Crippen LogP contribution >= 0.6 is 11.3 Å². The lowest BCUT2D eigenvalue weighted by Gasteiger charge is -2.11. The van der Waals surface area contributed by atoms with Crippen LogP contribution in [0, 0.1) is 0 Å². The molecule has 5 nitrogen and oxygen atoms in total. The van der Waals surface area contributed by atoms with Gasteiger partial charge in [-0.1, -0.05) is 0 Å². The molecule has 1 aromatic rings. The summed E-state index contributed by atoms with van der Waals surface area (Å²) >= 11 is 1.13. The number of aromatic nitrogens is 1. The van der Waals surface area contributed by atoms with Gasteiger partial charge in [-0.05, 0) is 0 Å². The Bertz CT molecular complexity index is 265. The molecule has 74 valence electrons. The molecule has 2 unspecified atom stereocenters. The normalized spacial score (nSPS) is 15.7. The second-order valence-corrected chi connectivity index (χ2v) is 3.42.